The molecule has 19 heavy (non-hydrogen) atoms. The molecule has 4 nitrogen and oxygen atoms in total. The van der Waals surface area contributed by atoms with Crippen molar-refractivity contribution in [2.45, 2.75) is 19.1 Å². The summed E-state index contributed by atoms with van der Waals surface area (Å²) in [4.78, 5) is 12.5. The van der Waals surface area contributed by atoms with Crippen molar-refractivity contribution in [2.24, 2.45) is 0 Å². The summed E-state index contributed by atoms with van der Waals surface area (Å²) < 4.78 is 43.7. The van der Waals surface area contributed by atoms with E-state index in [1.54, 1.807) is 25.1 Å². The molecule has 0 saturated heterocycles. The Balaban J connectivity index is 2.42. The number of amides is 1. The molecule has 1 N–H and O–H groups in total. The van der Waals surface area contributed by atoms with Gasteiger partial charge in [0.05, 0.1) is 18.0 Å². The highest BCUT2D eigenvalue weighted by Crippen LogP contribution is 2.37. The molecule has 1 unspecified atom stereocenters. The number of benzene rings is 1. The first kappa shape index (κ1) is 13.5. The fourth-order valence-electron chi connectivity index (χ4n) is 1.98. The molecule has 0 spiro atoms. The van der Waals surface area contributed by atoms with Crippen molar-refractivity contribution < 1.29 is 22.7 Å². The first-order valence-electron chi connectivity index (χ1n) is 5.80. The number of rotatable bonds is 1. The zero-order valence-electron chi connectivity index (χ0n) is 10.2. The molecule has 0 fully saturated rings. The first-order chi connectivity index (χ1) is 8.95. The van der Waals surface area contributed by atoms with Crippen LogP contribution < -0.4 is 10.2 Å². The van der Waals surface area contributed by atoms with Gasteiger partial charge >= 0.3 is 12.3 Å². The standard InChI is InChI=1S/C12H13F3N2O2/c1-2-19-11(18)17-9-6-4-3-5-8(9)16-7-10(17)12(13,14)15/h3-6,10,16H,2,7H2,1H3. The number of carbonyl (C=O) groups excluding carboxylic acids is 1. The second-order valence-corrected chi connectivity index (χ2v) is 4.02. The van der Waals surface area contributed by atoms with Crippen LogP contribution in [0.25, 0.3) is 0 Å². The van der Waals surface area contributed by atoms with Gasteiger partial charge in [0.1, 0.15) is 0 Å². The number of hydrogen-bond acceptors (Lipinski definition) is 3. The van der Waals surface area contributed by atoms with E-state index in [1.165, 1.54) is 6.07 Å². The molecule has 1 atom stereocenters. The topological polar surface area (TPSA) is 41.6 Å². The van der Waals surface area contributed by atoms with Crippen LogP contribution in [0.4, 0.5) is 29.3 Å². The van der Waals surface area contributed by atoms with Gasteiger partial charge in [-0.25, -0.2) is 4.79 Å². The summed E-state index contributed by atoms with van der Waals surface area (Å²) >= 11 is 0. The zero-order chi connectivity index (χ0) is 14.0. The van der Waals surface area contributed by atoms with E-state index in [4.69, 9.17) is 4.74 Å². The third-order valence-corrected chi connectivity index (χ3v) is 2.80. The van der Waals surface area contributed by atoms with Crippen LogP contribution in [0, 0.1) is 0 Å². The highest BCUT2D eigenvalue weighted by molar-refractivity contribution is 5.94. The number of halogens is 3. The van der Waals surface area contributed by atoms with Crippen LogP contribution in [0.5, 0.6) is 0 Å². The lowest BCUT2D eigenvalue weighted by molar-refractivity contribution is -0.145. The van der Waals surface area contributed by atoms with Crippen LogP contribution in [0.3, 0.4) is 0 Å². The summed E-state index contributed by atoms with van der Waals surface area (Å²) in [7, 11) is 0. The lowest BCUT2D eigenvalue weighted by Gasteiger charge is -2.37. The number of alkyl halides is 3. The molecule has 0 aromatic heterocycles. The Hall–Kier alpha value is -1.92. The van der Waals surface area contributed by atoms with E-state index in [2.05, 4.69) is 5.32 Å². The molecule has 1 aromatic rings. The van der Waals surface area contributed by atoms with E-state index < -0.39 is 18.3 Å². The van der Waals surface area contributed by atoms with Crippen LogP contribution >= 0.6 is 0 Å². The summed E-state index contributed by atoms with van der Waals surface area (Å²) in [6, 6.07) is 4.40. The fourth-order valence-corrected chi connectivity index (χ4v) is 1.98. The number of anilines is 2. The Morgan fingerprint density at radius 1 is 1.47 bits per heavy atom. The summed E-state index contributed by atoms with van der Waals surface area (Å²) in [6.45, 7) is 1.18. The molecule has 1 heterocycles. The third-order valence-electron chi connectivity index (χ3n) is 2.80. The van der Waals surface area contributed by atoms with E-state index in [1.807, 2.05) is 0 Å². The van der Waals surface area contributed by atoms with Crippen molar-refractivity contribution >= 4 is 17.5 Å². The second kappa shape index (κ2) is 4.99. The minimum atomic E-state index is -4.52. The van der Waals surface area contributed by atoms with Crippen molar-refractivity contribution in [3.63, 3.8) is 0 Å². The number of hydrogen-bond donors (Lipinski definition) is 1. The molecule has 2 rings (SSSR count). The van der Waals surface area contributed by atoms with E-state index in [0.717, 1.165) is 0 Å². The highest BCUT2D eigenvalue weighted by atomic mass is 19.4. The molecule has 0 saturated carbocycles. The molecule has 1 amide bonds. The summed E-state index contributed by atoms with van der Waals surface area (Å²) in [5, 5.41) is 2.68. The van der Waals surface area contributed by atoms with Gasteiger partial charge in [-0.15, -0.1) is 0 Å². The SMILES string of the molecule is CCOC(=O)N1c2ccccc2NCC1C(F)(F)F. The first-order valence-corrected chi connectivity index (χ1v) is 5.80. The van der Waals surface area contributed by atoms with Gasteiger partial charge in [0.2, 0.25) is 0 Å². The Bertz CT molecular complexity index is 476. The van der Waals surface area contributed by atoms with Gasteiger partial charge in [0.25, 0.3) is 0 Å². The van der Waals surface area contributed by atoms with Gasteiger partial charge < -0.3 is 10.1 Å². The normalized spacial score (nSPS) is 18.5. The van der Waals surface area contributed by atoms with Gasteiger partial charge in [-0.3, -0.25) is 4.90 Å². The molecular formula is C12H13F3N2O2. The van der Waals surface area contributed by atoms with E-state index in [-0.39, 0.29) is 18.8 Å². The monoisotopic (exact) mass is 274 g/mol. The van der Waals surface area contributed by atoms with Crippen LogP contribution in [0.1, 0.15) is 6.92 Å². The van der Waals surface area contributed by atoms with Crippen molar-refractivity contribution in [3.05, 3.63) is 24.3 Å². The van der Waals surface area contributed by atoms with Gasteiger partial charge in [0.15, 0.2) is 6.04 Å². The molecule has 1 aliphatic rings. The Labute approximate surface area is 108 Å². The molecule has 0 bridgehead atoms. The fraction of sp³-hybridized carbons (Fsp3) is 0.417. The van der Waals surface area contributed by atoms with Crippen molar-refractivity contribution in [2.75, 3.05) is 23.4 Å². The predicted octanol–water partition coefficient (Wildman–Crippen LogP) is 3.01. The minimum Gasteiger partial charge on any atom is -0.449 e. The highest BCUT2D eigenvalue weighted by Gasteiger charge is 2.48. The second-order valence-electron chi connectivity index (χ2n) is 4.02. The number of nitrogens with zero attached hydrogens (tertiary/aromatic N) is 1. The van der Waals surface area contributed by atoms with Gasteiger partial charge in [-0.2, -0.15) is 13.2 Å². The summed E-state index contributed by atoms with van der Waals surface area (Å²) in [6.07, 6.45) is -5.51. The predicted molar refractivity (Wildman–Crippen MR) is 64.3 cm³/mol. The molecule has 0 radical (unpaired) electrons. The molecular weight excluding hydrogens is 261 g/mol. The lowest BCUT2D eigenvalue weighted by Crippen LogP contribution is -2.55. The average molecular weight is 274 g/mol. The molecule has 1 aliphatic heterocycles. The van der Waals surface area contributed by atoms with Crippen LogP contribution in [0.2, 0.25) is 0 Å². The number of carbonyl (C=O) groups is 1. The number of fused-ring (bicyclic) bond motifs is 1. The summed E-state index contributed by atoms with van der Waals surface area (Å²) in [5.41, 5.74) is 0.658. The Kier molecular flexibility index (Phi) is 3.55. The van der Waals surface area contributed by atoms with E-state index in [9.17, 15) is 18.0 Å². The zero-order valence-corrected chi connectivity index (χ0v) is 10.2. The summed E-state index contributed by atoms with van der Waals surface area (Å²) in [5.74, 6) is 0. The van der Waals surface area contributed by atoms with Crippen molar-refractivity contribution in [1.29, 1.82) is 0 Å². The van der Waals surface area contributed by atoms with Crippen molar-refractivity contribution in [3.8, 4) is 0 Å². The average Bonchev–Trinajstić information content (AvgIpc) is 2.36. The van der Waals surface area contributed by atoms with Gasteiger partial charge in [-0.1, -0.05) is 12.1 Å². The maximum Gasteiger partial charge on any atom is 0.414 e. The molecule has 1 aromatic carbocycles. The molecule has 0 aliphatic carbocycles. The Morgan fingerprint density at radius 2 is 2.16 bits per heavy atom. The van der Waals surface area contributed by atoms with Crippen LogP contribution in [-0.2, 0) is 4.74 Å². The van der Waals surface area contributed by atoms with Gasteiger partial charge in [-0.05, 0) is 19.1 Å². The van der Waals surface area contributed by atoms with E-state index in [0.29, 0.717) is 10.6 Å². The smallest absolute Gasteiger partial charge is 0.414 e. The van der Waals surface area contributed by atoms with Crippen LogP contribution in [-0.4, -0.2) is 31.5 Å². The quantitative estimate of drug-likeness (QED) is 0.856. The van der Waals surface area contributed by atoms with E-state index >= 15 is 0 Å². The largest absolute Gasteiger partial charge is 0.449 e. The third kappa shape index (κ3) is 2.59. The molecule has 104 valence electrons. The van der Waals surface area contributed by atoms with Crippen LogP contribution in [0.15, 0.2) is 24.3 Å². The molecule has 7 heteroatoms. The number of nitrogens with one attached hydrogen (secondary N) is 1. The maximum absolute atomic E-state index is 13.0. The number of para-hydroxylation sites is 2. The maximum atomic E-state index is 13.0. The van der Waals surface area contributed by atoms with Gasteiger partial charge in [0, 0.05) is 6.54 Å². The lowest BCUT2D eigenvalue weighted by atomic mass is 10.1. The Morgan fingerprint density at radius 3 is 2.79 bits per heavy atom. The van der Waals surface area contributed by atoms with Crippen molar-refractivity contribution in [1.82, 2.24) is 0 Å². The minimum absolute atomic E-state index is 0.0233. The number of ether oxygens (including phenoxy) is 1.